The number of hydrogen-bond acceptors (Lipinski definition) is 6. The Kier molecular flexibility index (Phi) is 3.89. The highest BCUT2D eigenvalue weighted by Crippen LogP contribution is 2.34. The van der Waals surface area contributed by atoms with Crippen LogP contribution in [0.25, 0.3) is 0 Å². The van der Waals surface area contributed by atoms with Gasteiger partial charge in [0, 0.05) is 57.1 Å². The van der Waals surface area contributed by atoms with Gasteiger partial charge in [-0.15, -0.1) is 0 Å². The van der Waals surface area contributed by atoms with E-state index in [1.807, 2.05) is 4.90 Å². The summed E-state index contributed by atoms with van der Waals surface area (Å²) >= 11 is 0. The second-order valence-electron chi connectivity index (χ2n) is 6.30. The molecular weight excluding hydrogens is 308 g/mol. The number of anilines is 1. The normalized spacial score (nSPS) is 25.7. The summed E-state index contributed by atoms with van der Waals surface area (Å²) in [5, 5.41) is 7.33. The van der Waals surface area contributed by atoms with Crippen LogP contribution in [0.3, 0.4) is 0 Å². The number of nitrogens with one attached hydrogen (secondary N) is 1. The van der Waals surface area contributed by atoms with E-state index < -0.39 is 0 Å². The van der Waals surface area contributed by atoms with Crippen molar-refractivity contribution in [2.45, 2.75) is 6.10 Å². The molecule has 0 unspecified atom stereocenters. The van der Waals surface area contributed by atoms with Gasteiger partial charge in [-0.25, -0.2) is 9.97 Å². The highest BCUT2D eigenvalue weighted by atomic mass is 16.5. The van der Waals surface area contributed by atoms with Crippen LogP contribution in [0.15, 0.2) is 30.7 Å². The minimum absolute atomic E-state index is 0.0195. The number of aromatic nitrogens is 4. The lowest BCUT2D eigenvalue weighted by molar-refractivity contribution is 0.0671. The lowest BCUT2D eigenvalue weighted by Gasteiger charge is -2.20. The Morgan fingerprint density at radius 1 is 1.33 bits per heavy atom. The van der Waals surface area contributed by atoms with Gasteiger partial charge < -0.3 is 15.0 Å². The molecule has 126 valence electrons. The number of amides is 1. The summed E-state index contributed by atoms with van der Waals surface area (Å²) in [6.45, 7) is 2.82. The molecule has 8 heteroatoms. The molecule has 2 aliphatic rings. The van der Waals surface area contributed by atoms with E-state index in [0.29, 0.717) is 36.6 Å². The van der Waals surface area contributed by atoms with Crippen LogP contribution in [0.5, 0.6) is 0 Å². The van der Waals surface area contributed by atoms with Gasteiger partial charge in [0.2, 0.25) is 5.95 Å². The topological polar surface area (TPSA) is 85.2 Å². The third-order valence-corrected chi connectivity index (χ3v) is 4.85. The van der Waals surface area contributed by atoms with Gasteiger partial charge in [0.1, 0.15) is 5.69 Å². The molecule has 2 aromatic heterocycles. The second-order valence-corrected chi connectivity index (χ2v) is 6.30. The molecule has 0 radical (unpaired) electrons. The summed E-state index contributed by atoms with van der Waals surface area (Å²) in [6.07, 6.45) is 5.19. The molecule has 0 spiro atoms. The fourth-order valence-electron chi connectivity index (χ4n) is 3.53. The Morgan fingerprint density at radius 3 is 2.92 bits per heavy atom. The third-order valence-electron chi connectivity index (χ3n) is 4.85. The molecule has 0 bridgehead atoms. The van der Waals surface area contributed by atoms with Crippen LogP contribution in [0.2, 0.25) is 0 Å². The first-order chi connectivity index (χ1) is 11.7. The fourth-order valence-corrected chi connectivity index (χ4v) is 3.53. The van der Waals surface area contributed by atoms with Crippen LogP contribution < -0.4 is 5.32 Å². The molecule has 2 saturated heterocycles. The summed E-state index contributed by atoms with van der Waals surface area (Å²) in [4.78, 5) is 22.8. The maximum Gasteiger partial charge on any atom is 0.272 e. The SMILES string of the molecule is Cn1nccc1C(=O)N1C[C@@H]2[C@@H](CNc3ncccn3)CO[C@@H]2C1. The number of fused-ring (bicyclic) bond motifs is 1. The van der Waals surface area contributed by atoms with Gasteiger partial charge in [-0.05, 0) is 12.1 Å². The molecule has 4 rings (SSSR count). The zero-order valence-corrected chi connectivity index (χ0v) is 13.5. The molecule has 24 heavy (non-hydrogen) atoms. The zero-order valence-electron chi connectivity index (χ0n) is 13.5. The number of hydrogen-bond donors (Lipinski definition) is 1. The van der Waals surface area contributed by atoms with E-state index in [4.69, 9.17) is 4.74 Å². The molecule has 4 heterocycles. The molecular formula is C16H20N6O2. The Balaban J connectivity index is 1.38. The van der Waals surface area contributed by atoms with Crippen molar-refractivity contribution in [3.8, 4) is 0 Å². The smallest absolute Gasteiger partial charge is 0.272 e. The van der Waals surface area contributed by atoms with Crippen LogP contribution in [-0.4, -0.2) is 62.9 Å². The van der Waals surface area contributed by atoms with Crippen molar-refractivity contribution in [1.29, 1.82) is 0 Å². The van der Waals surface area contributed by atoms with E-state index >= 15 is 0 Å². The first-order valence-electron chi connectivity index (χ1n) is 8.12. The molecule has 1 amide bonds. The van der Waals surface area contributed by atoms with E-state index in [0.717, 1.165) is 13.1 Å². The summed E-state index contributed by atoms with van der Waals surface area (Å²) < 4.78 is 7.52. The van der Waals surface area contributed by atoms with E-state index in [1.165, 1.54) is 0 Å². The molecule has 0 aromatic carbocycles. The van der Waals surface area contributed by atoms with E-state index in [1.54, 1.807) is 42.5 Å². The van der Waals surface area contributed by atoms with Crippen molar-refractivity contribution in [2.75, 3.05) is 31.6 Å². The van der Waals surface area contributed by atoms with E-state index in [-0.39, 0.29) is 12.0 Å². The monoisotopic (exact) mass is 328 g/mol. The molecule has 0 saturated carbocycles. The minimum Gasteiger partial charge on any atom is -0.376 e. The number of rotatable bonds is 4. The van der Waals surface area contributed by atoms with E-state index in [2.05, 4.69) is 20.4 Å². The van der Waals surface area contributed by atoms with Crippen LogP contribution in [0.4, 0.5) is 5.95 Å². The summed E-state index contributed by atoms with van der Waals surface area (Å²) in [5.41, 5.74) is 0.613. The number of ether oxygens (including phenoxy) is 1. The first kappa shape index (κ1) is 15.1. The largest absolute Gasteiger partial charge is 0.376 e. The number of carbonyl (C=O) groups excluding carboxylic acids is 1. The van der Waals surface area contributed by atoms with Gasteiger partial charge in [-0.3, -0.25) is 9.48 Å². The standard InChI is InChI=1S/C16H20N6O2/c1-21-13(3-6-20-21)15(23)22-8-12-11(10-24-14(12)9-22)7-19-16-17-4-2-5-18-16/h2-6,11-12,14H,7-10H2,1H3,(H,17,18,19)/t11-,12+,14+/m0/s1. The first-order valence-corrected chi connectivity index (χ1v) is 8.12. The molecule has 2 aliphatic heterocycles. The molecule has 0 aliphatic carbocycles. The Hall–Kier alpha value is -2.48. The molecule has 3 atom stereocenters. The van der Waals surface area contributed by atoms with Crippen LogP contribution >= 0.6 is 0 Å². The van der Waals surface area contributed by atoms with Crippen molar-refractivity contribution in [3.63, 3.8) is 0 Å². The Bertz CT molecular complexity index is 718. The van der Waals surface area contributed by atoms with Gasteiger partial charge >= 0.3 is 0 Å². The Morgan fingerprint density at radius 2 is 2.17 bits per heavy atom. The van der Waals surface area contributed by atoms with Crippen molar-refractivity contribution in [3.05, 3.63) is 36.4 Å². The van der Waals surface area contributed by atoms with Gasteiger partial charge in [0.15, 0.2) is 0 Å². The number of nitrogens with zero attached hydrogens (tertiary/aromatic N) is 5. The predicted octanol–water partition coefficient (Wildman–Crippen LogP) is 0.409. The zero-order chi connectivity index (χ0) is 16.5. The quantitative estimate of drug-likeness (QED) is 0.875. The molecule has 2 fully saturated rings. The van der Waals surface area contributed by atoms with E-state index in [9.17, 15) is 4.79 Å². The lowest BCUT2D eigenvalue weighted by atomic mass is 9.93. The molecule has 2 aromatic rings. The molecule has 8 nitrogen and oxygen atoms in total. The number of aryl methyl sites for hydroxylation is 1. The fraction of sp³-hybridized carbons (Fsp3) is 0.500. The summed E-state index contributed by atoms with van der Waals surface area (Å²) in [6, 6.07) is 3.54. The maximum absolute atomic E-state index is 12.6. The van der Waals surface area contributed by atoms with Gasteiger partial charge in [-0.1, -0.05) is 0 Å². The predicted molar refractivity (Wildman–Crippen MR) is 86.4 cm³/mol. The second kappa shape index (κ2) is 6.20. The van der Waals surface area contributed by atoms with Crippen LogP contribution in [-0.2, 0) is 11.8 Å². The third kappa shape index (κ3) is 2.73. The number of carbonyl (C=O) groups is 1. The Labute approximate surface area is 139 Å². The van der Waals surface area contributed by atoms with Crippen molar-refractivity contribution in [2.24, 2.45) is 18.9 Å². The average molecular weight is 328 g/mol. The summed E-state index contributed by atoms with van der Waals surface area (Å²) in [7, 11) is 1.78. The maximum atomic E-state index is 12.6. The molecule has 1 N–H and O–H groups in total. The van der Waals surface area contributed by atoms with Gasteiger partial charge in [0.05, 0.1) is 12.7 Å². The highest BCUT2D eigenvalue weighted by Gasteiger charge is 2.45. The van der Waals surface area contributed by atoms with Crippen LogP contribution in [0, 0.1) is 11.8 Å². The van der Waals surface area contributed by atoms with Gasteiger partial charge in [-0.2, -0.15) is 5.10 Å². The summed E-state index contributed by atoms with van der Waals surface area (Å²) in [5.74, 6) is 1.34. The van der Waals surface area contributed by atoms with Crippen molar-refractivity contribution in [1.82, 2.24) is 24.6 Å². The minimum atomic E-state index is 0.0195. The van der Waals surface area contributed by atoms with Crippen molar-refractivity contribution >= 4 is 11.9 Å². The highest BCUT2D eigenvalue weighted by molar-refractivity contribution is 5.92. The lowest BCUT2D eigenvalue weighted by Crippen LogP contribution is -2.33. The van der Waals surface area contributed by atoms with Crippen LogP contribution in [0.1, 0.15) is 10.5 Å². The number of likely N-dealkylation sites (tertiary alicyclic amines) is 1. The van der Waals surface area contributed by atoms with Crippen molar-refractivity contribution < 1.29 is 9.53 Å². The average Bonchev–Trinajstić information content (AvgIpc) is 3.29. The van der Waals surface area contributed by atoms with Gasteiger partial charge in [0.25, 0.3) is 5.91 Å².